The lowest BCUT2D eigenvalue weighted by molar-refractivity contribution is 0.867. The van der Waals surface area contributed by atoms with Gasteiger partial charge in [-0.15, -0.1) is 0 Å². The Kier molecular flexibility index (Phi) is 4.33. The van der Waals surface area contributed by atoms with Crippen molar-refractivity contribution in [3.05, 3.63) is 58.6 Å². The predicted octanol–water partition coefficient (Wildman–Crippen LogP) is 4.66. The summed E-state index contributed by atoms with van der Waals surface area (Å²) in [6.07, 6.45) is 0. The lowest BCUT2D eigenvalue weighted by atomic mass is 10.0. The molecule has 0 aliphatic heterocycles. The monoisotopic (exact) mass is 274 g/mol. The third kappa shape index (κ3) is 3.42. The molecule has 0 aliphatic rings. The summed E-state index contributed by atoms with van der Waals surface area (Å²) in [4.78, 5) is 0. The third-order valence-corrected chi connectivity index (χ3v) is 3.63. The molecule has 3 N–H and O–H groups in total. The molecule has 2 rings (SSSR count). The Bertz CT molecular complexity index is 547. The first-order valence-corrected chi connectivity index (χ1v) is 6.82. The van der Waals surface area contributed by atoms with Gasteiger partial charge in [-0.05, 0) is 35.2 Å². The molecule has 100 valence electrons. The van der Waals surface area contributed by atoms with Gasteiger partial charge in [0, 0.05) is 12.2 Å². The highest BCUT2D eigenvalue weighted by Gasteiger charge is 2.03. The maximum atomic E-state index is 6.16. The lowest BCUT2D eigenvalue weighted by Crippen LogP contribution is -2.01. The first-order chi connectivity index (χ1) is 9.08. The summed E-state index contributed by atoms with van der Waals surface area (Å²) in [6, 6.07) is 14.2. The SMILES string of the molecule is CC(C)c1ccc(NCc2cccc(N)c2Cl)cc1. The van der Waals surface area contributed by atoms with Crippen LogP contribution in [0, 0.1) is 0 Å². The zero-order chi connectivity index (χ0) is 13.8. The summed E-state index contributed by atoms with van der Waals surface area (Å²) < 4.78 is 0. The number of nitrogens with two attached hydrogens (primary N) is 1. The van der Waals surface area contributed by atoms with Gasteiger partial charge in [0.05, 0.1) is 10.7 Å². The normalized spacial score (nSPS) is 10.7. The molecule has 0 unspecified atom stereocenters. The van der Waals surface area contributed by atoms with Crippen LogP contribution in [0.3, 0.4) is 0 Å². The minimum atomic E-state index is 0.553. The fourth-order valence-corrected chi connectivity index (χ4v) is 2.11. The van der Waals surface area contributed by atoms with Crippen LogP contribution in [0.25, 0.3) is 0 Å². The summed E-state index contributed by atoms with van der Waals surface area (Å²) in [7, 11) is 0. The van der Waals surface area contributed by atoms with Crippen molar-refractivity contribution in [2.45, 2.75) is 26.3 Å². The Morgan fingerprint density at radius 2 is 1.79 bits per heavy atom. The van der Waals surface area contributed by atoms with Crippen molar-refractivity contribution in [3.63, 3.8) is 0 Å². The van der Waals surface area contributed by atoms with E-state index in [0.717, 1.165) is 11.3 Å². The van der Waals surface area contributed by atoms with Crippen molar-refractivity contribution in [2.75, 3.05) is 11.1 Å². The van der Waals surface area contributed by atoms with Crippen molar-refractivity contribution in [3.8, 4) is 0 Å². The predicted molar refractivity (Wildman–Crippen MR) is 83.7 cm³/mol. The van der Waals surface area contributed by atoms with Crippen LogP contribution in [-0.4, -0.2) is 0 Å². The zero-order valence-electron chi connectivity index (χ0n) is 11.3. The van der Waals surface area contributed by atoms with Crippen LogP contribution < -0.4 is 11.1 Å². The lowest BCUT2D eigenvalue weighted by Gasteiger charge is -2.11. The topological polar surface area (TPSA) is 38.0 Å². The second-order valence-corrected chi connectivity index (χ2v) is 5.33. The van der Waals surface area contributed by atoms with Gasteiger partial charge < -0.3 is 11.1 Å². The Hall–Kier alpha value is -1.67. The fourth-order valence-electron chi connectivity index (χ4n) is 1.92. The zero-order valence-corrected chi connectivity index (χ0v) is 12.0. The molecular formula is C16H19ClN2. The molecule has 0 radical (unpaired) electrons. The molecule has 0 aliphatic carbocycles. The molecule has 0 spiro atoms. The fraction of sp³-hybridized carbons (Fsp3) is 0.250. The van der Waals surface area contributed by atoms with Crippen LogP contribution >= 0.6 is 11.6 Å². The van der Waals surface area contributed by atoms with Crippen molar-refractivity contribution in [1.29, 1.82) is 0 Å². The highest BCUT2D eigenvalue weighted by molar-refractivity contribution is 6.33. The number of anilines is 2. The molecular weight excluding hydrogens is 256 g/mol. The Morgan fingerprint density at radius 3 is 2.42 bits per heavy atom. The first kappa shape index (κ1) is 13.8. The van der Waals surface area contributed by atoms with Gasteiger partial charge in [-0.2, -0.15) is 0 Å². The molecule has 0 heterocycles. The van der Waals surface area contributed by atoms with Gasteiger partial charge in [-0.3, -0.25) is 0 Å². The van der Waals surface area contributed by atoms with E-state index < -0.39 is 0 Å². The molecule has 0 fully saturated rings. The van der Waals surface area contributed by atoms with Gasteiger partial charge in [0.15, 0.2) is 0 Å². The highest BCUT2D eigenvalue weighted by atomic mass is 35.5. The van der Waals surface area contributed by atoms with Crippen molar-refractivity contribution in [2.24, 2.45) is 0 Å². The minimum Gasteiger partial charge on any atom is -0.398 e. The standard InChI is InChI=1S/C16H19ClN2/c1-11(2)12-6-8-14(9-7-12)19-10-13-4-3-5-15(18)16(13)17/h3-9,11,19H,10,18H2,1-2H3. The third-order valence-electron chi connectivity index (χ3n) is 3.17. The van der Waals surface area contributed by atoms with E-state index >= 15 is 0 Å². The molecule has 3 heteroatoms. The Balaban J connectivity index is 2.04. The summed E-state index contributed by atoms with van der Waals surface area (Å²) >= 11 is 6.16. The Labute approximate surface area is 119 Å². The first-order valence-electron chi connectivity index (χ1n) is 6.44. The largest absolute Gasteiger partial charge is 0.398 e. The van der Waals surface area contributed by atoms with Gasteiger partial charge in [-0.25, -0.2) is 0 Å². The summed E-state index contributed by atoms with van der Waals surface area (Å²) in [5.74, 6) is 0.553. The average Bonchev–Trinajstić information content (AvgIpc) is 2.41. The van der Waals surface area contributed by atoms with E-state index in [1.807, 2.05) is 18.2 Å². The number of rotatable bonds is 4. The van der Waals surface area contributed by atoms with E-state index in [4.69, 9.17) is 17.3 Å². The van der Waals surface area contributed by atoms with Crippen LogP contribution in [-0.2, 0) is 6.54 Å². The van der Waals surface area contributed by atoms with Crippen LogP contribution in [0.5, 0.6) is 0 Å². The number of nitrogen functional groups attached to an aromatic ring is 1. The van der Waals surface area contributed by atoms with E-state index in [-0.39, 0.29) is 0 Å². The second-order valence-electron chi connectivity index (χ2n) is 4.95. The molecule has 0 amide bonds. The van der Waals surface area contributed by atoms with Gasteiger partial charge in [0.2, 0.25) is 0 Å². The molecule has 0 saturated heterocycles. The van der Waals surface area contributed by atoms with Crippen LogP contribution in [0.15, 0.2) is 42.5 Å². The van der Waals surface area contributed by atoms with Crippen LogP contribution in [0.2, 0.25) is 5.02 Å². The number of nitrogens with one attached hydrogen (secondary N) is 1. The van der Waals surface area contributed by atoms with Crippen LogP contribution in [0.4, 0.5) is 11.4 Å². The molecule has 0 aromatic heterocycles. The van der Waals surface area contributed by atoms with Crippen molar-refractivity contribution >= 4 is 23.0 Å². The van der Waals surface area contributed by atoms with Crippen molar-refractivity contribution < 1.29 is 0 Å². The van der Waals surface area contributed by atoms with Crippen LogP contribution in [0.1, 0.15) is 30.9 Å². The van der Waals surface area contributed by atoms with Gasteiger partial charge in [-0.1, -0.05) is 49.7 Å². The molecule has 2 nitrogen and oxygen atoms in total. The minimum absolute atomic E-state index is 0.553. The summed E-state index contributed by atoms with van der Waals surface area (Å²) in [6.45, 7) is 5.05. The number of hydrogen-bond acceptors (Lipinski definition) is 2. The van der Waals surface area contributed by atoms with Gasteiger partial charge in [0.25, 0.3) is 0 Å². The molecule has 19 heavy (non-hydrogen) atoms. The van der Waals surface area contributed by atoms with E-state index in [9.17, 15) is 0 Å². The maximum absolute atomic E-state index is 6.16. The quantitative estimate of drug-likeness (QED) is 0.796. The van der Waals surface area contributed by atoms with E-state index in [0.29, 0.717) is 23.2 Å². The summed E-state index contributed by atoms with van der Waals surface area (Å²) in [5, 5.41) is 3.99. The number of benzene rings is 2. The van der Waals surface area contributed by atoms with Crippen molar-refractivity contribution in [1.82, 2.24) is 0 Å². The average molecular weight is 275 g/mol. The molecule has 2 aromatic carbocycles. The molecule has 0 atom stereocenters. The Morgan fingerprint density at radius 1 is 1.11 bits per heavy atom. The molecule has 2 aromatic rings. The highest BCUT2D eigenvalue weighted by Crippen LogP contribution is 2.24. The molecule has 0 bridgehead atoms. The number of halogens is 1. The number of hydrogen-bond donors (Lipinski definition) is 2. The molecule has 0 saturated carbocycles. The van der Waals surface area contributed by atoms with Gasteiger partial charge in [0.1, 0.15) is 0 Å². The van der Waals surface area contributed by atoms with E-state index in [1.165, 1.54) is 5.56 Å². The second kappa shape index (κ2) is 5.98. The van der Waals surface area contributed by atoms with Gasteiger partial charge >= 0.3 is 0 Å². The summed E-state index contributed by atoms with van der Waals surface area (Å²) in [5.41, 5.74) is 9.84. The maximum Gasteiger partial charge on any atom is 0.0685 e. The van der Waals surface area contributed by atoms with E-state index in [2.05, 4.69) is 43.4 Å². The van der Waals surface area contributed by atoms with E-state index in [1.54, 1.807) is 0 Å². The smallest absolute Gasteiger partial charge is 0.0685 e.